The van der Waals surface area contributed by atoms with Gasteiger partial charge in [0, 0.05) is 45.0 Å². The minimum absolute atomic E-state index is 0.105. The van der Waals surface area contributed by atoms with Gasteiger partial charge in [0.05, 0.1) is 12.6 Å². The minimum Gasteiger partial charge on any atom is -0.341 e. The van der Waals surface area contributed by atoms with Gasteiger partial charge in [-0.1, -0.05) is 19.3 Å². The van der Waals surface area contributed by atoms with Crippen LogP contribution in [0.3, 0.4) is 0 Å². The molecule has 0 aromatic heterocycles. The van der Waals surface area contributed by atoms with E-state index in [0.717, 1.165) is 39.0 Å². The number of likely N-dealkylation sites (N-methyl/N-ethyl adjacent to an activating group) is 1. The Labute approximate surface area is 173 Å². The molecular formula is C22H33FN4O2. The standard InChI is InChI=1S/C22H33FN4O2/c1-17(22(29)25(2)20-6-4-3-5-7-20)27-14-12-26(13-15-27)16-21(28)24-19-10-8-18(23)9-11-19/h8-11,17,20H,3-7,12-16H2,1-2H3,(H,24,28)/t17-/m1/s1. The van der Waals surface area contributed by atoms with Crippen LogP contribution in [0.25, 0.3) is 0 Å². The summed E-state index contributed by atoms with van der Waals surface area (Å²) < 4.78 is 13.0. The first kappa shape index (κ1) is 21.7. The van der Waals surface area contributed by atoms with Gasteiger partial charge in [-0.3, -0.25) is 19.4 Å². The molecule has 0 radical (unpaired) electrons. The van der Waals surface area contributed by atoms with Crippen LogP contribution in [0.2, 0.25) is 0 Å². The first-order chi connectivity index (χ1) is 13.9. The van der Waals surface area contributed by atoms with Crippen molar-refractivity contribution in [2.75, 3.05) is 45.1 Å². The van der Waals surface area contributed by atoms with Crippen LogP contribution in [-0.2, 0) is 9.59 Å². The lowest BCUT2D eigenvalue weighted by atomic mass is 9.94. The van der Waals surface area contributed by atoms with E-state index in [1.165, 1.54) is 31.4 Å². The summed E-state index contributed by atoms with van der Waals surface area (Å²) in [6, 6.07) is 6.03. The molecule has 2 aliphatic rings. The zero-order valence-electron chi connectivity index (χ0n) is 17.6. The normalized spacial score (nSPS) is 20.2. The summed E-state index contributed by atoms with van der Waals surface area (Å²) in [4.78, 5) is 31.4. The van der Waals surface area contributed by atoms with E-state index in [0.29, 0.717) is 18.3 Å². The van der Waals surface area contributed by atoms with E-state index in [9.17, 15) is 14.0 Å². The van der Waals surface area contributed by atoms with Crippen molar-refractivity contribution in [1.29, 1.82) is 0 Å². The molecule has 1 saturated carbocycles. The van der Waals surface area contributed by atoms with Gasteiger partial charge in [-0.05, 0) is 44.0 Å². The largest absolute Gasteiger partial charge is 0.341 e. The van der Waals surface area contributed by atoms with E-state index in [2.05, 4.69) is 15.1 Å². The SMILES string of the molecule is C[C@H](C(=O)N(C)C1CCCCC1)N1CCN(CC(=O)Nc2ccc(F)cc2)CC1. The highest BCUT2D eigenvalue weighted by molar-refractivity contribution is 5.92. The number of nitrogens with zero attached hydrogens (tertiary/aromatic N) is 3. The molecule has 1 N–H and O–H groups in total. The molecule has 0 unspecified atom stereocenters. The van der Waals surface area contributed by atoms with Crippen LogP contribution in [0.15, 0.2) is 24.3 Å². The number of halogens is 1. The second-order valence-electron chi connectivity index (χ2n) is 8.28. The molecule has 1 aromatic carbocycles. The van der Waals surface area contributed by atoms with E-state index in [4.69, 9.17) is 0 Å². The molecule has 7 heteroatoms. The van der Waals surface area contributed by atoms with Crippen molar-refractivity contribution >= 4 is 17.5 Å². The van der Waals surface area contributed by atoms with Gasteiger partial charge < -0.3 is 10.2 Å². The molecule has 1 atom stereocenters. The Morgan fingerprint density at radius 1 is 1.10 bits per heavy atom. The van der Waals surface area contributed by atoms with Gasteiger partial charge in [0.15, 0.2) is 0 Å². The maximum absolute atomic E-state index is 13.0. The molecule has 1 aromatic rings. The summed E-state index contributed by atoms with van der Waals surface area (Å²) >= 11 is 0. The predicted molar refractivity (Wildman–Crippen MR) is 112 cm³/mol. The third kappa shape index (κ3) is 6.00. The number of hydrogen-bond donors (Lipinski definition) is 1. The Balaban J connectivity index is 1.42. The van der Waals surface area contributed by atoms with E-state index < -0.39 is 0 Å². The van der Waals surface area contributed by atoms with Crippen molar-refractivity contribution < 1.29 is 14.0 Å². The molecule has 2 amide bonds. The van der Waals surface area contributed by atoms with Crippen molar-refractivity contribution in [3.63, 3.8) is 0 Å². The lowest BCUT2D eigenvalue weighted by Gasteiger charge is -2.40. The van der Waals surface area contributed by atoms with Gasteiger partial charge in [-0.15, -0.1) is 0 Å². The van der Waals surface area contributed by atoms with Crippen molar-refractivity contribution in [3.8, 4) is 0 Å². The van der Waals surface area contributed by atoms with E-state index >= 15 is 0 Å². The van der Waals surface area contributed by atoms with Crippen LogP contribution >= 0.6 is 0 Å². The fourth-order valence-electron chi connectivity index (χ4n) is 4.34. The molecule has 0 bridgehead atoms. The summed E-state index contributed by atoms with van der Waals surface area (Å²) in [5.74, 6) is -0.220. The fraction of sp³-hybridized carbons (Fsp3) is 0.636. The number of carbonyl (C=O) groups excluding carboxylic acids is 2. The third-order valence-corrected chi connectivity index (χ3v) is 6.28. The van der Waals surface area contributed by atoms with Gasteiger partial charge in [-0.25, -0.2) is 4.39 Å². The Hall–Kier alpha value is -1.99. The molecule has 3 rings (SSSR count). The first-order valence-electron chi connectivity index (χ1n) is 10.7. The number of anilines is 1. The third-order valence-electron chi connectivity index (χ3n) is 6.28. The van der Waals surface area contributed by atoms with Gasteiger partial charge in [0.25, 0.3) is 0 Å². The van der Waals surface area contributed by atoms with Crippen LogP contribution in [-0.4, -0.2) is 78.4 Å². The average molecular weight is 405 g/mol. The highest BCUT2D eigenvalue weighted by Crippen LogP contribution is 2.23. The molecule has 6 nitrogen and oxygen atoms in total. The van der Waals surface area contributed by atoms with Crippen LogP contribution in [0, 0.1) is 5.82 Å². The van der Waals surface area contributed by atoms with Crippen molar-refractivity contribution in [3.05, 3.63) is 30.1 Å². The van der Waals surface area contributed by atoms with Crippen LogP contribution in [0.5, 0.6) is 0 Å². The molecule has 1 heterocycles. The number of carbonyl (C=O) groups is 2. The van der Waals surface area contributed by atoms with Crippen LogP contribution in [0.4, 0.5) is 10.1 Å². The van der Waals surface area contributed by atoms with Crippen molar-refractivity contribution in [2.45, 2.75) is 51.1 Å². The summed E-state index contributed by atoms with van der Waals surface area (Å²) in [5.41, 5.74) is 0.597. The Morgan fingerprint density at radius 2 is 1.72 bits per heavy atom. The average Bonchev–Trinajstić information content (AvgIpc) is 2.75. The number of nitrogens with one attached hydrogen (secondary N) is 1. The Morgan fingerprint density at radius 3 is 2.34 bits per heavy atom. The van der Waals surface area contributed by atoms with Crippen molar-refractivity contribution in [1.82, 2.24) is 14.7 Å². The van der Waals surface area contributed by atoms with Gasteiger partial charge >= 0.3 is 0 Å². The number of piperazine rings is 1. The maximum Gasteiger partial charge on any atom is 0.239 e. The van der Waals surface area contributed by atoms with Crippen LogP contribution < -0.4 is 5.32 Å². The van der Waals surface area contributed by atoms with Crippen LogP contribution in [0.1, 0.15) is 39.0 Å². The zero-order chi connectivity index (χ0) is 20.8. The van der Waals surface area contributed by atoms with Gasteiger partial charge in [0.2, 0.25) is 11.8 Å². The lowest BCUT2D eigenvalue weighted by Crippen LogP contribution is -2.56. The monoisotopic (exact) mass is 404 g/mol. The topological polar surface area (TPSA) is 55.9 Å². The molecule has 1 saturated heterocycles. The smallest absolute Gasteiger partial charge is 0.239 e. The Kier molecular flexibility index (Phi) is 7.61. The van der Waals surface area contributed by atoms with Gasteiger partial charge in [-0.2, -0.15) is 0 Å². The second kappa shape index (κ2) is 10.2. The van der Waals surface area contributed by atoms with E-state index in [1.807, 2.05) is 18.9 Å². The second-order valence-corrected chi connectivity index (χ2v) is 8.28. The van der Waals surface area contributed by atoms with Crippen molar-refractivity contribution in [2.24, 2.45) is 0 Å². The summed E-state index contributed by atoms with van der Waals surface area (Å²) in [7, 11) is 1.95. The molecule has 1 aliphatic carbocycles. The minimum atomic E-state index is -0.322. The van der Waals surface area contributed by atoms with E-state index in [1.54, 1.807) is 12.1 Å². The Bertz CT molecular complexity index is 683. The molecule has 160 valence electrons. The zero-order valence-corrected chi connectivity index (χ0v) is 17.6. The molecule has 0 spiro atoms. The highest BCUT2D eigenvalue weighted by Gasteiger charge is 2.31. The fourth-order valence-corrected chi connectivity index (χ4v) is 4.34. The molecule has 2 fully saturated rings. The summed E-state index contributed by atoms with van der Waals surface area (Å²) in [5, 5.41) is 2.80. The number of hydrogen-bond acceptors (Lipinski definition) is 4. The lowest BCUT2D eigenvalue weighted by molar-refractivity contribution is -0.138. The summed E-state index contributed by atoms with van der Waals surface area (Å²) in [6.45, 7) is 5.35. The number of amides is 2. The predicted octanol–water partition coefficient (Wildman–Crippen LogP) is 2.56. The summed E-state index contributed by atoms with van der Waals surface area (Å²) in [6.07, 6.45) is 5.95. The first-order valence-corrected chi connectivity index (χ1v) is 10.7. The number of rotatable bonds is 6. The number of benzene rings is 1. The highest BCUT2D eigenvalue weighted by atomic mass is 19.1. The maximum atomic E-state index is 13.0. The van der Waals surface area contributed by atoms with Gasteiger partial charge in [0.1, 0.15) is 5.82 Å². The van der Waals surface area contributed by atoms with E-state index in [-0.39, 0.29) is 23.7 Å². The quantitative estimate of drug-likeness (QED) is 0.792. The molecular weight excluding hydrogens is 371 g/mol. The molecule has 29 heavy (non-hydrogen) atoms. The molecule has 1 aliphatic heterocycles.